The van der Waals surface area contributed by atoms with E-state index in [4.69, 9.17) is 11.6 Å². The molecule has 1 heterocycles. The van der Waals surface area contributed by atoms with Crippen molar-refractivity contribution in [2.24, 2.45) is 0 Å². The SMILES string of the molecule is Cc1ccc(C(=O)NCCc2c[nH]c3ccc(Cl)cc23)cc1[N+](=O)[O-]. The number of nitro benzene ring substituents is 1. The van der Waals surface area contributed by atoms with E-state index in [-0.39, 0.29) is 17.2 Å². The first-order chi connectivity index (χ1) is 12.0. The lowest BCUT2D eigenvalue weighted by atomic mass is 10.1. The second-order valence-corrected chi connectivity index (χ2v) is 6.20. The normalized spacial score (nSPS) is 10.8. The second kappa shape index (κ2) is 6.94. The average molecular weight is 358 g/mol. The minimum absolute atomic E-state index is 0.0566. The highest BCUT2D eigenvalue weighted by molar-refractivity contribution is 6.31. The first-order valence-corrected chi connectivity index (χ1v) is 8.12. The van der Waals surface area contributed by atoms with Gasteiger partial charge >= 0.3 is 0 Å². The van der Waals surface area contributed by atoms with E-state index in [0.717, 1.165) is 16.5 Å². The highest BCUT2D eigenvalue weighted by atomic mass is 35.5. The predicted molar refractivity (Wildman–Crippen MR) is 97.2 cm³/mol. The number of nitrogens with one attached hydrogen (secondary N) is 2. The van der Waals surface area contributed by atoms with Gasteiger partial charge in [0.1, 0.15) is 0 Å². The molecule has 0 spiro atoms. The summed E-state index contributed by atoms with van der Waals surface area (Å²) in [5.41, 5.74) is 2.78. The molecular weight excluding hydrogens is 342 g/mol. The van der Waals surface area contributed by atoms with Crippen LogP contribution in [-0.4, -0.2) is 22.4 Å². The van der Waals surface area contributed by atoms with E-state index in [1.54, 1.807) is 19.1 Å². The number of halogens is 1. The molecule has 0 aliphatic rings. The molecule has 6 nitrogen and oxygen atoms in total. The molecule has 1 aromatic heterocycles. The molecule has 0 saturated heterocycles. The zero-order valence-electron chi connectivity index (χ0n) is 13.5. The molecule has 3 rings (SSSR count). The maximum Gasteiger partial charge on any atom is 0.273 e. The predicted octanol–water partition coefficient (Wildman–Crippen LogP) is 4.01. The van der Waals surface area contributed by atoms with Crippen LogP contribution in [0, 0.1) is 17.0 Å². The molecule has 2 aromatic carbocycles. The van der Waals surface area contributed by atoms with Gasteiger partial charge in [-0.15, -0.1) is 0 Å². The summed E-state index contributed by atoms with van der Waals surface area (Å²) in [5, 5.41) is 15.4. The summed E-state index contributed by atoms with van der Waals surface area (Å²) in [4.78, 5) is 25.9. The van der Waals surface area contributed by atoms with Crippen LogP contribution >= 0.6 is 11.6 Å². The number of amides is 1. The number of fused-ring (bicyclic) bond motifs is 1. The molecule has 0 aliphatic carbocycles. The van der Waals surface area contributed by atoms with Crippen molar-refractivity contribution < 1.29 is 9.72 Å². The van der Waals surface area contributed by atoms with Gasteiger partial charge in [0.05, 0.1) is 4.92 Å². The number of aromatic amines is 1. The molecule has 2 N–H and O–H groups in total. The van der Waals surface area contributed by atoms with Crippen molar-refractivity contribution in [3.8, 4) is 0 Å². The van der Waals surface area contributed by atoms with Crippen molar-refractivity contribution in [2.75, 3.05) is 6.54 Å². The van der Waals surface area contributed by atoms with Crippen LogP contribution in [0.4, 0.5) is 5.69 Å². The fourth-order valence-corrected chi connectivity index (χ4v) is 2.89. The molecule has 0 radical (unpaired) electrons. The molecule has 0 unspecified atom stereocenters. The fraction of sp³-hybridized carbons (Fsp3) is 0.167. The Morgan fingerprint density at radius 3 is 2.84 bits per heavy atom. The number of nitro groups is 1. The van der Waals surface area contributed by atoms with Crippen LogP contribution in [0.2, 0.25) is 5.02 Å². The zero-order chi connectivity index (χ0) is 18.0. The maximum atomic E-state index is 12.2. The molecule has 0 saturated carbocycles. The summed E-state index contributed by atoms with van der Waals surface area (Å²) in [5.74, 6) is -0.332. The van der Waals surface area contributed by atoms with Gasteiger partial charge in [-0.05, 0) is 43.2 Å². The lowest BCUT2D eigenvalue weighted by Crippen LogP contribution is -2.25. The first-order valence-electron chi connectivity index (χ1n) is 7.74. The van der Waals surface area contributed by atoms with Crippen molar-refractivity contribution in [3.05, 3.63) is 74.4 Å². The lowest BCUT2D eigenvalue weighted by Gasteiger charge is -2.06. The van der Waals surface area contributed by atoms with Crippen molar-refractivity contribution in [1.29, 1.82) is 0 Å². The van der Waals surface area contributed by atoms with Crippen molar-refractivity contribution in [3.63, 3.8) is 0 Å². The summed E-state index contributed by atoms with van der Waals surface area (Å²) in [6.45, 7) is 2.06. The maximum absolute atomic E-state index is 12.2. The molecule has 3 aromatic rings. The molecule has 0 aliphatic heterocycles. The summed E-state index contributed by atoms with van der Waals surface area (Å²) in [6.07, 6.45) is 2.52. The highest BCUT2D eigenvalue weighted by Crippen LogP contribution is 2.23. The lowest BCUT2D eigenvalue weighted by molar-refractivity contribution is -0.385. The minimum Gasteiger partial charge on any atom is -0.361 e. The van der Waals surface area contributed by atoms with Gasteiger partial charge < -0.3 is 10.3 Å². The molecule has 1 amide bonds. The van der Waals surface area contributed by atoms with Crippen LogP contribution in [0.5, 0.6) is 0 Å². The number of aromatic nitrogens is 1. The van der Waals surface area contributed by atoms with Crippen LogP contribution in [-0.2, 0) is 6.42 Å². The summed E-state index contributed by atoms with van der Waals surface area (Å²) in [7, 11) is 0. The number of benzene rings is 2. The van der Waals surface area contributed by atoms with E-state index in [2.05, 4.69) is 10.3 Å². The number of H-pyrrole nitrogens is 1. The molecule has 0 bridgehead atoms. The third kappa shape index (κ3) is 3.64. The van der Waals surface area contributed by atoms with Crippen LogP contribution in [0.25, 0.3) is 10.9 Å². The molecular formula is C18H16ClN3O3. The van der Waals surface area contributed by atoms with E-state index in [1.807, 2.05) is 24.4 Å². The molecule has 0 atom stereocenters. The zero-order valence-corrected chi connectivity index (χ0v) is 14.3. The van der Waals surface area contributed by atoms with E-state index >= 15 is 0 Å². The molecule has 25 heavy (non-hydrogen) atoms. The van der Waals surface area contributed by atoms with Gasteiger partial charge in [-0.2, -0.15) is 0 Å². The highest BCUT2D eigenvalue weighted by Gasteiger charge is 2.15. The number of nitrogens with zero attached hydrogens (tertiary/aromatic N) is 1. The Balaban J connectivity index is 1.67. The molecule has 7 heteroatoms. The van der Waals surface area contributed by atoms with E-state index in [9.17, 15) is 14.9 Å². The van der Waals surface area contributed by atoms with Gasteiger partial charge in [-0.25, -0.2) is 0 Å². The molecule has 128 valence electrons. The van der Waals surface area contributed by atoms with Crippen LogP contribution in [0.3, 0.4) is 0 Å². The number of carbonyl (C=O) groups is 1. The average Bonchev–Trinajstić information content (AvgIpc) is 2.97. The number of rotatable bonds is 5. The Bertz CT molecular complexity index is 965. The van der Waals surface area contributed by atoms with E-state index in [1.165, 1.54) is 6.07 Å². The Kier molecular flexibility index (Phi) is 4.72. The Labute approximate surface area is 149 Å². The molecule has 0 fully saturated rings. The summed E-state index contributed by atoms with van der Waals surface area (Å²) < 4.78 is 0. The van der Waals surface area contributed by atoms with Gasteiger partial charge in [0.15, 0.2) is 0 Å². The monoisotopic (exact) mass is 357 g/mol. The first kappa shape index (κ1) is 17.0. The van der Waals surface area contributed by atoms with Crippen LogP contribution in [0.1, 0.15) is 21.5 Å². The van der Waals surface area contributed by atoms with E-state index in [0.29, 0.717) is 23.6 Å². The quantitative estimate of drug-likeness (QED) is 0.534. The Morgan fingerprint density at radius 2 is 2.08 bits per heavy atom. The fourth-order valence-electron chi connectivity index (χ4n) is 2.72. The number of hydrogen-bond acceptors (Lipinski definition) is 3. The van der Waals surface area contributed by atoms with Crippen LogP contribution in [0.15, 0.2) is 42.6 Å². The second-order valence-electron chi connectivity index (χ2n) is 5.77. The number of carbonyl (C=O) groups excluding carboxylic acids is 1. The van der Waals surface area contributed by atoms with Gasteiger partial charge in [0.25, 0.3) is 11.6 Å². The Morgan fingerprint density at radius 1 is 1.28 bits per heavy atom. The van der Waals surface area contributed by atoms with Gasteiger partial charge in [-0.3, -0.25) is 14.9 Å². The minimum atomic E-state index is -0.484. The summed E-state index contributed by atoms with van der Waals surface area (Å²) in [6, 6.07) is 10.1. The third-order valence-electron chi connectivity index (χ3n) is 4.08. The van der Waals surface area contributed by atoms with Crippen molar-refractivity contribution in [1.82, 2.24) is 10.3 Å². The van der Waals surface area contributed by atoms with Crippen LogP contribution < -0.4 is 5.32 Å². The van der Waals surface area contributed by atoms with Gasteiger partial charge in [0.2, 0.25) is 0 Å². The largest absolute Gasteiger partial charge is 0.361 e. The van der Waals surface area contributed by atoms with Gasteiger partial charge in [0, 0.05) is 45.9 Å². The number of hydrogen-bond donors (Lipinski definition) is 2. The topological polar surface area (TPSA) is 88.0 Å². The Hall–Kier alpha value is -2.86. The third-order valence-corrected chi connectivity index (χ3v) is 4.31. The number of aryl methyl sites for hydroxylation is 1. The van der Waals surface area contributed by atoms with Gasteiger partial charge in [-0.1, -0.05) is 17.7 Å². The summed E-state index contributed by atoms with van der Waals surface area (Å²) >= 11 is 6.03. The standard InChI is InChI=1S/C18H16ClN3O3/c1-11-2-3-12(8-17(11)22(24)25)18(23)20-7-6-13-10-21-16-5-4-14(19)9-15(13)16/h2-5,8-10,21H,6-7H2,1H3,(H,20,23). The van der Waals surface area contributed by atoms with Crippen molar-refractivity contribution in [2.45, 2.75) is 13.3 Å². The van der Waals surface area contributed by atoms with E-state index < -0.39 is 4.92 Å². The smallest absolute Gasteiger partial charge is 0.273 e. The van der Waals surface area contributed by atoms with Crippen molar-refractivity contribution >= 4 is 34.1 Å².